The molecular weight excluding hydrogens is 212 g/mol. The maximum atomic E-state index is 5.33. The zero-order valence-corrected chi connectivity index (χ0v) is 10.3. The van der Waals surface area contributed by atoms with Crippen molar-refractivity contribution in [3.05, 3.63) is 36.2 Å². The monoisotopic (exact) mass is 228 g/mol. The second-order valence-electron chi connectivity index (χ2n) is 5.41. The van der Waals surface area contributed by atoms with Crippen molar-refractivity contribution in [1.29, 1.82) is 0 Å². The molecule has 3 rings (SSSR count). The summed E-state index contributed by atoms with van der Waals surface area (Å²) in [6, 6.07) is 9.90. The van der Waals surface area contributed by atoms with Gasteiger partial charge in [-0.1, -0.05) is 44.1 Å². The van der Waals surface area contributed by atoms with Crippen molar-refractivity contribution in [1.82, 2.24) is 10.1 Å². The van der Waals surface area contributed by atoms with Crippen molar-refractivity contribution < 1.29 is 4.52 Å². The van der Waals surface area contributed by atoms with E-state index in [1.54, 1.807) is 0 Å². The summed E-state index contributed by atoms with van der Waals surface area (Å²) in [5, 5.41) is 4.11. The van der Waals surface area contributed by atoms with Gasteiger partial charge in [0.05, 0.1) is 0 Å². The first kappa shape index (κ1) is 10.5. The van der Waals surface area contributed by atoms with E-state index in [9.17, 15) is 0 Å². The van der Waals surface area contributed by atoms with Gasteiger partial charge in [0.1, 0.15) is 0 Å². The smallest absolute Gasteiger partial charge is 0.257 e. The Morgan fingerprint density at radius 1 is 1.18 bits per heavy atom. The third-order valence-corrected chi connectivity index (χ3v) is 4.11. The lowest BCUT2D eigenvalue weighted by molar-refractivity contribution is 0.419. The number of hydrogen-bond donors (Lipinski definition) is 0. The van der Waals surface area contributed by atoms with Gasteiger partial charge in [-0.05, 0) is 23.5 Å². The highest BCUT2D eigenvalue weighted by Gasteiger charge is 2.57. The molecule has 1 aromatic heterocycles. The zero-order chi connectivity index (χ0) is 12.0. The molecule has 0 amide bonds. The van der Waals surface area contributed by atoms with Gasteiger partial charge in [-0.15, -0.1) is 0 Å². The molecule has 3 heteroatoms. The molecule has 2 aromatic rings. The number of benzene rings is 1. The topological polar surface area (TPSA) is 38.9 Å². The van der Waals surface area contributed by atoms with Gasteiger partial charge in [0, 0.05) is 11.5 Å². The number of nitrogens with zero attached hydrogens (tertiary/aromatic N) is 2. The van der Waals surface area contributed by atoms with Crippen LogP contribution in [-0.4, -0.2) is 10.1 Å². The van der Waals surface area contributed by atoms with Crippen LogP contribution in [0.5, 0.6) is 0 Å². The molecular formula is C14H16N2O. The molecule has 1 aliphatic rings. The number of rotatable bonds is 2. The van der Waals surface area contributed by atoms with Crippen LogP contribution >= 0.6 is 0 Å². The van der Waals surface area contributed by atoms with Crippen LogP contribution in [0, 0.1) is 11.3 Å². The Balaban J connectivity index is 1.90. The van der Waals surface area contributed by atoms with Gasteiger partial charge in [0.15, 0.2) is 5.82 Å². The Labute approximate surface area is 101 Å². The second-order valence-corrected chi connectivity index (χ2v) is 5.41. The molecule has 1 fully saturated rings. The third-order valence-electron chi connectivity index (χ3n) is 4.11. The van der Waals surface area contributed by atoms with Crippen LogP contribution in [0.4, 0.5) is 0 Å². The van der Waals surface area contributed by atoms with Gasteiger partial charge in [0.25, 0.3) is 5.89 Å². The fourth-order valence-electron chi connectivity index (χ4n) is 2.51. The second kappa shape index (κ2) is 3.42. The Kier molecular flexibility index (Phi) is 2.12. The van der Waals surface area contributed by atoms with Gasteiger partial charge < -0.3 is 4.52 Å². The highest BCUT2D eigenvalue weighted by Crippen LogP contribution is 2.63. The van der Waals surface area contributed by atoms with Crippen molar-refractivity contribution in [3.63, 3.8) is 0 Å². The van der Waals surface area contributed by atoms with Crippen molar-refractivity contribution in [2.45, 2.75) is 26.7 Å². The fraction of sp³-hybridized carbons (Fsp3) is 0.429. The first-order valence-corrected chi connectivity index (χ1v) is 5.99. The van der Waals surface area contributed by atoms with Gasteiger partial charge >= 0.3 is 0 Å². The van der Waals surface area contributed by atoms with Gasteiger partial charge in [0.2, 0.25) is 0 Å². The fourth-order valence-corrected chi connectivity index (χ4v) is 2.51. The van der Waals surface area contributed by atoms with Crippen molar-refractivity contribution in [2.24, 2.45) is 11.3 Å². The van der Waals surface area contributed by atoms with E-state index < -0.39 is 0 Å². The highest BCUT2D eigenvalue weighted by molar-refractivity contribution is 5.52. The molecule has 1 heterocycles. The van der Waals surface area contributed by atoms with Gasteiger partial charge in [-0.25, -0.2) is 0 Å². The SMILES string of the molecule is C[C@@H]1[C@@H](c2noc(-c3ccccc3)n2)C1(C)C. The quantitative estimate of drug-likeness (QED) is 0.789. The van der Waals surface area contributed by atoms with Crippen LogP contribution in [-0.2, 0) is 0 Å². The molecule has 0 radical (unpaired) electrons. The lowest BCUT2D eigenvalue weighted by Gasteiger charge is -1.96. The Morgan fingerprint density at radius 2 is 1.82 bits per heavy atom. The van der Waals surface area contributed by atoms with E-state index in [0.717, 1.165) is 11.4 Å². The van der Waals surface area contributed by atoms with Crippen LogP contribution in [0.2, 0.25) is 0 Å². The molecule has 0 aliphatic heterocycles. The summed E-state index contributed by atoms with van der Waals surface area (Å²) in [4.78, 5) is 4.51. The minimum Gasteiger partial charge on any atom is -0.334 e. The summed E-state index contributed by atoms with van der Waals surface area (Å²) < 4.78 is 5.33. The van der Waals surface area contributed by atoms with Crippen LogP contribution in [0.25, 0.3) is 11.5 Å². The Hall–Kier alpha value is -1.64. The van der Waals surface area contributed by atoms with E-state index >= 15 is 0 Å². The highest BCUT2D eigenvalue weighted by atomic mass is 16.5. The van der Waals surface area contributed by atoms with Crippen LogP contribution in [0.1, 0.15) is 32.5 Å². The molecule has 2 atom stereocenters. The van der Waals surface area contributed by atoms with Crippen LogP contribution < -0.4 is 0 Å². The molecule has 0 unspecified atom stereocenters. The van der Waals surface area contributed by atoms with Crippen LogP contribution in [0.3, 0.4) is 0 Å². The molecule has 1 saturated carbocycles. The molecule has 3 nitrogen and oxygen atoms in total. The van der Waals surface area contributed by atoms with Crippen molar-refractivity contribution in [3.8, 4) is 11.5 Å². The van der Waals surface area contributed by atoms with E-state index in [-0.39, 0.29) is 0 Å². The minimum atomic E-state index is 0.303. The molecule has 0 N–H and O–H groups in total. The first-order chi connectivity index (χ1) is 8.10. The molecule has 1 aromatic carbocycles. The third kappa shape index (κ3) is 1.57. The van der Waals surface area contributed by atoms with Crippen molar-refractivity contribution >= 4 is 0 Å². The predicted molar refractivity (Wildman–Crippen MR) is 65.4 cm³/mol. The average Bonchev–Trinajstić information content (AvgIpc) is 2.72. The summed E-state index contributed by atoms with van der Waals surface area (Å²) >= 11 is 0. The van der Waals surface area contributed by atoms with Gasteiger partial charge in [-0.2, -0.15) is 4.98 Å². The van der Waals surface area contributed by atoms with E-state index in [1.807, 2.05) is 30.3 Å². The standard InChI is InChI=1S/C14H16N2O/c1-9-11(14(9,2)3)12-15-13(17-16-12)10-7-5-4-6-8-10/h4-9,11H,1-3H3/t9-,11+/m1/s1. The predicted octanol–water partition coefficient (Wildman–Crippen LogP) is 3.50. The van der Waals surface area contributed by atoms with E-state index in [0.29, 0.717) is 23.1 Å². The summed E-state index contributed by atoms with van der Waals surface area (Å²) in [7, 11) is 0. The van der Waals surface area contributed by atoms with E-state index in [2.05, 4.69) is 30.9 Å². The lowest BCUT2D eigenvalue weighted by Crippen LogP contribution is -1.91. The molecule has 0 saturated heterocycles. The van der Waals surface area contributed by atoms with E-state index in [4.69, 9.17) is 4.52 Å². The Morgan fingerprint density at radius 3 is 2.41 bits per heavy atom. The average molecular weight is 228 g/mol. The molecule has 17 heavy (non-hydrogen) atoms. The number of hydrogen-bond acceptors (Lipinski definition) is 3. The molecule has 0 bridgehead atoms. The number of aromatic nitrogens is 2. The van der Waals surface area contributed by atoms with Crippen molar-refractivity contribution in [2.75, 3.05) is 0 Å². The lowest BCUT2D eigenvalue weighted by atomic mass is 10.1. The maximum Gasteiger partial charge on any atom is 0.257 e. The minimum absolute atomic E-state index is 0.303. The Bertz CT molecular complexity index is 530. The normalized spacial score (nSPS) is 25.8. The largest absolute Gasteiger partial charge is 0.334 e. The molecule has 0 spiro atoms. The summed E-state index contributed by atoms with van der Waals surface area (Å²) in [6.07, 6.45) is 0. The maximum absolute atomic E-state index is 5.33. The van der Waals surface area contributed by atoms with E-state index in [1.165, 1.54) is 0 Å². The summed E-state index contributed by atoms with van der Waals surface area (Å²) in [5.74, 6) is 2.53. The van der Waals surface area contributed by atoms with Gasteiger partial charge in [-0.3, -0.25) is 0 Å². The summed E-state index contributed by atoms with van der Waals surface area (Å²) in [6.45, 7) is 6.74. The summed E-state index contributed by atoms with van der Waals surface area (Å²) in [5.41, 5.74) is 1.29. The first-order valence-electron chi connectivity index (χ1n) is 5.99. The zero-order valence-electron chi connectivity index (χ0n) is 10.3. The molecule has 88 valence electrons. The molecule has 1 aliphatic carbocycles. The van der Waals surface area contributed by atoms with Crippen LogP contribution in [0.15, 0.2) is 34.9 Å².